The van der Waals surface area contributed by atoms with Crippen LogP contribution in [0.3, 0.4) is 0 Å². The zero-order valence-corrected chi connectivity index (χ0v) is 12.1. The number of carbonyl (C=O) groups excluding carboxylic acids is 1. The summed E-state index contributed by atoms with van der Waals surface area (Å²) in [4.78, 5) is 17.9. The summed E-state index contributed by atoms with van der Waals surface area (Å²) in [5, 5.41) is 5.87. The van der Waals surface area contributed by atoms with Crippen molar-refractivity contribution in [2.75, 3.05) is 45.2 Å². The van der Waals surface area contributed by atoms with Crippen molar-refractivity contribution >= 4 is 11.6 Å². The molecule has 1 aliphatic rings. The molecule has 1 saturated heterocycles. The Morgan fingerprint density at radius 1 is 1.60 bits per heavy atom. The Morgan fingerprint density at radius 3 is 3.20 bits per heavy atom. The van der Waals surface area contributed by atoms with Crippen LogP contribution in [-0.4, -0.2) is 61.7 Å². The standard InChI is InChI=1S/C14H22N4O2/c1-3-18-6-7-20-12(10-18)9-17-11-4-5-16-13(8-11)14(19)15-2/h4-5,8,12H,3,6-7,9-10H2,1-2H3,(H,15,19)(H,16,17). The van der Waals surface area contributed by atoms with E-state index in [9.17, 15) is 4.79 Å². The Morgan fingerprint density at radius 2 is 2.45 bits per heavy atom. The predicted octanol–water partition coefficient (Wildman–Crippen LogP) is 0.574. The molecule has 1 fully saturated rings. The van der Waals surface area contributed by atoms with Crippen molar-refractivity contribution in [2.45, 2.75) is 13.0 Å². The molecule has 1 aromatic heterocycles. The molecule has 110 valence electrons. The highest BCUT2D eigenvalue weighted by atomic mass is 16.5. The van der Waals surface area contributed by atoms with Crippen LogP contribution in [0.2, 0.25) is 0 Å². The first-order valence-corrected chi connectivity index (χ1v) is 6.99. The number of ether oxygens (including phenoxy) is 1. The molecule has 0 bridgehead atoms. The Kier molecular flexibility index (Phi) is 5.31. The third-order valence-electron chi connectivity index (χ3n) is 3.42. The van der Waals surface area contributed by atoms with Crippen LogP contribution in [0.25, 0.3) is 0 Å². The van der Waals surface area contributed by atoms with Gasteiger partial charge in [0.05, 0.1) is 12.7 Å². The summed E-state index contributed by atoms with van der Waals surface area (Å²) in [6, 6.07) is 3.60. The molecule has 2 N–H and O–H groups in total. The smallest absolute Gasteiger partial charge is 0.269 e. The molecule has 2 heterocycles. The number of hydrogen-bond donors (Lipinski definition) is 2. The van der Waals surface area contributed by atoms with E-state index in [0.29, 0.717) is 5.69 Å². The second-order valence-electron chi connectivity index (χ2n) is 4.78. The first kappa shape index (κ1) is 14.7. The fourth-order valence-electron chi connectivity index (χ4n) is 2.22. The van der Waals surface area contributed by atoms with Gasteiger partial charge in [0, 0.05) is 38.6 Å². The molecular formula is C14H22N4O2. The molecule has 20 heavy (non-hydrogen) atoms. The van der Waals surface area contributed by atoms with E-state index in [0.717, 1.165) is 38.5 Å². The third kappa shape index (κ3) is 3.91. The van der Waals surface area contributed by atoms with Crippen molar-refractivity contribution < 1.29 is 9.53 Å². The van der Waals surface area contributed by atoms with Gasteiger partial charge in [0.15, 0.2) is 0 Å². The number of aromatic nitrogens is 1. The van der Waals surface area contributed by atoms with Crippen molar-refractivity contribution in [3.05, 3.63) is 24.0 Å². The van der Waals surface area contributed by atoms with Gasteiger partial charge >= 0.3 is 0 Å². The maximum absolute atomic E-state index is 11.5. The summed E-state index contributed by atoms with van der Waals surface area (Å²) >= 11 is 0. The molecule has 0 aromatic carbocycles. The molecule has 0 saturated carbocycles. The van der Waals surface area contributed by atoms with E-state index < -0.39 is 0 Å². The Balaban J connectivity index is 1.89. The minimum atomic E-state index is -0.181. The number of amides is 1. The molecule has 6 nitrogen and oxygen atoms in total. The second kappa shape index (κ2) is 7.21. The lowest BCUT2D eigenvalue weighted by Gasteiger charge is -2.32. The van der Waals surface area contributed by atoms with Crippen molar-refractivity contribution in [3.63, 3.8) is 0 Å². The lowest BCUT2D eigenvalue weighted by atomic mass is 10.2. The molecule has 1 aromatic rings. The average Bonchev–Trinajstić information content (AvgIpc) is 2.52. The Bertz CT molecular complexity index is 453. The number of carbonyl (C=O) groups is 1. The van der Waals surface area contributed by atoms with Gasteiger partial charge < -0.3 is 15.4 Å². The summed E-state index contributed by atoms with van der Waals surface area (Å²) in [5.41, 5.74) is 1.30. The molecule has 0 spiro atoms. The maximum atomic E-state index is 11.5. The zero-order chi connectivity index (χ0) is 14.4. The van der Waals surface area contributed by atoms with Gasteiger partial charge in [-0.15, -0.1) is 0 Å². The third-order valence-corrected chi connectivity index (χ3v) is 3.42. The Labute approximate surface area is 119 Å². The number of anilines is 1. The van der Waals surface area contributed by atoms with Crippen LogP contribution in [0.15, 0.2) is 18.3 Å². The van der Waals surface area contributed by atoms with E-state index in [1.165, 1.54) is 0 Å². The van der Waals surface area contributed by atoms with E-state index in [1.54, 1.807) is 19.3 Å². The molecule has 6 heteroatoms. The van der Waals surface area contributed by atoms with Crippen LogP contribution < -0.4 is 10.6 Å². The monoisotopic (exact) mass is 278 g/mol. The number of likely N-dealkylation sites (N-methyl/N-ethyl adjacent to an activating group) is 1. The number of hydrogen-bond acceptors (Lipinski definition) is 5. The van der Waals surface area contributed by atoms with Gasteiger partial charge in [0.25, 0.3) is 5.91 Å². The molecule has 0 radical (unpaired) electrons. The normalized spacial score (nSPS) is 19.6. The molecule has 2 rings (SSSR count). The highest BCUT2D eigenvalue weighted by molar-refractivity contribution is 5.92. The maximum Gasteiger partial charge on any atom is 0.269 e. The summed E-state index contributed by atoms with van der Waals surface area (Å²) in [6.45, 7) is 6.66. The van der Waals surface area contributed by atoms with Gasteiger partial charge in [-0.3, -0.25) is 14.7 Å². The molecule has 1 aliphatic heterocycles. The average molecular weight is 278 g/mol. The number of pyridine rings is 1. The SMILES string of the molecule is CCN1CCOC(CNc2ccnc(C(=O)NC)c2)C1. The zero-order valence-electron chi connectivity index (χ0n) is 12.1. The van der Waals surface area contributed by atoms with Crippen LogP contribution in [0, 0.1) is 0 Å². The summed E-state index contributed by atoms with van der Waals surface area (Å²) in [6.07, 6.45) is 1.81. The minimum Gasteiger partial charge on any atom is -0.382 e. The van der Waals surface area contributed by atoms with E-state index in [1.807, 2.05) is 6.07 Å². The van der Waals surface area contributed by atoms with Crippen molar-refractivity contribution in [1.29, 1.82) is 0 Å². The van der Waals surface area contributed by atoms with Crippen LogP contribution in [-0.2, 0) is 4.74 Å². The lowest BCUT2D eigenvalue weighted by molar-refractivity contribution is -0.0191. The van der Waals surface area contributed by atoms with Gasteiger partial charge in [-0.05, 0) is 18.7 Å². The molecule has 1 atom stereocenters. The Hall–Kier alpha value is -1.66. The topological polar surface area (TPSA) is 66.5 Å². The quantitative estimate of drug-likeness (QED) is 0.824. The van der Waals surface area contributed by atoms with Gasteiger partial charge in [-0.1, -0.05) is 6.92 Å². The van der Waals surface area contributed by atoms with Crippen molar-refractivity contribution in [2.24, 2.45) is 0 Å². The highest BCUT2D eigenvalue weighted by Gasteiger charge is 2.18. The lowest BCUT2D eigenvalue weighted by Crippen LogP contribution is -2.45. The van der Waals surface area contributed by atoms with Crippen molar-refractivity contribution in [1.82, 2.24) is 15.2 Å². The largest absolute Gasteiger partial charge is 0.382 e. The molecule has 1 amide bonds. The first-order valence-electron chi connectivity index (χ1n) is 6.99. The minimum absolute atomic E-state index is 0.181. The van der Waals surface area contributed by atoms with Crippen LogP contribution in [0.1, 0.15) is 17.4 Å². The fraction of sp³-hybridized carbons (Fsp3) is 0.571. The summed E-state index contributed by atoms with van der Waals surface area (Å²) < 4.78 is 5.73. The van der Waals surface area contributed by atoms with E-state index in [-0.39, 0.29) is 12.0 Å². The van der Waals surface area contributed by atoms with Gasteiger partial charge in [-0.25, -0.2) is 0 Å². The van der Waals surface area contributed by atoms with Gasteiger partial charge in [0.2, 0.25) is 0 Å². The molecule has 0 aliphatic carbocycles. The van der Waals surface area contributed by atoms with Crippen LogP contribution in [0.5, 0.6) is 0 Å². The number of nitrogens with zero attached hydrogens (tertiary/aromatic N) is 2. The van der Waals surface area contributed by atoms with Gasteiger partial charge in [-0.2, -0.15) is 0 Å². The number of morpholine rings is 1. The fourth-order valence-corrected chi connectivity index (χ4v) is 2.22. The second-order valence-corrected chi connectivity index (χ2v) is 4.78. The van der Waals surface area contributed by atoms with E-state index in [4.69, 9.17) is 4.74 Å². The van der Waals surface area contributed by atoms with Gasteiger partial charge in [0.1, 0.15) is 5.69 Å². The predicted molar refractivity (Wildman–Crippen MR) is 78.0 cm³/mol. The van der Waals surface area contributed by atoms with Crippen molar-refractivity contribution in [3.8, 4) is 0 Å². The summed E-state index contributed by atoms with van der Waals surface area (Å²) in [7, 11) is 1.60. The first-order chi connectivity index (χ1) is 9.72. The number of rotatable bonds is 5. The van der Waals surface area contributed by atoms with Crippen LogP contribution in [0.4, 0.5) is 5.69 Å². The van der Waals surface area contributed by atoms with Crippen LogP contribution >= 0.6 is 0 Å². The highest BCUT2D eigenvalue weighted by Crippen LogP contribution is 2.10. The van der Waals surface area contributed by atoms with E-state index >= 15 is 0 Å². The molecule has 1 unspecified atom stereocenters. The summed E-state index contributed by atoms with van der Waals surface area (Å²) in [5.74, 6) is -0.181. The molecular weight excluding hydrogens is 256 g/mol. The van der Waals surface area contributed by atoms with E-state index in [2.05, 4.69) is 27.4 Å². The number of nitrogens with one attached hydrogen (secondary N) is 2.